The quantitative estimate of drug-likeness (QED) is 0.613. The van der Waals surface area contributed by atoms with Crippen LogP contribution >= 0.6 is 0 Å². The molecule has 0 rings (SSSR count). The minimum atomic E-state index is -0.0470. The highest BCUT2D eigenvalue weighted by Crippen LogP contribution is 1.94. The lowest BCUT2D eigenvalue weighted by Crippen LogP contribution is -2.34. The van der Waals surface area contributed by atoms with Gasteiger partial charge >= 0.3 is 0 Å². The zero-order chi connectivity index (χ0) is 11.8. The van der Waals surface area contributed by atoms with E-state index in [9.17, 15) is 4.79 Å². The standard InChI is InChI=1S/C11H23N3O/c1-6-12-11(15)10(2)9-14(5)8-7-13(3)4/h2,6-9H2,1,3-5H3,(H,12,15). The van der Waals surface area contributed by atoms with Crippen molar-refractivity contribution in [3.05, 3.63) is 12.2 Å². The number of nitrogens with one attached hydrogen (secondary N) is 1. The van der Waals surface area contributed by atoms with E-state index in [1.54, 1.807) is 0 Å². The first kappa shape index (κ1) is 14.1. The van der Waals surface area contributed by atoms with E-state index in [1.165, 1.54) is 0 Å². The highest BCUT2D eigenvalue weighted by Gasteiger charge is 2.08. The van der Waals surface area contributed by atoms with Crippen LogP contribution in [0.1, 0.15) is 6.92 Å². The van der Waals surface area contributed by atoms with Crippen molar-refractivity contribution < 1.29 is 4.79 Å². The van der Waals surface area contributed by atoms with Crippen molar-refractivity contribution >= 4 is 5.91 Å². The van der Waals surface area contributed by atoms with Gasteiger partial charge in [-0.25, -0.2) is 0 Å². The summed E-state index contributed by atoms with van der Waals surface area (Å²) in [4.78, 5) is 15.6. The molecule has 0 heterocycles. The number of rotatable bonds is 7. The normalized spacial score (nSPS) is 10.8. The Kier molecular flexibility index (Phi) is 6.99. The molecule has 4 heteroatoms. The Balaban J connectivity index is 3.80. The van der Waals surface area contributed by atoms with Crippen LogP contribution in [-0.4, -0.2) is 63.0 Å². The molecule has 0 fully saturated rings. The van der Waals surface area contributed by atoms with Crippen molar-refractivity contribution in [1.82, 2.24) is 15.1 Å². The van der Waals surface area contributed by atoms with Gasteiger partial charge in [0, 0.05) is 31.8 Å². The van der Waals surface area contributed by atoms with Crippen LogP contribution < -0.4 is 5.32 Å². The van der Waals surface area contributed by atoms with E-state index in [1.807, 2.05) is 28.1 Å². The summed E-state index contributed by atoms with van der Waals surface area (Å²) >= 11 is 0. The average Bonchev–Trinajstić information content (AvgIpc) is 2.15. The molecule has 0 aliphatic carbocycles. The molecule has 0 aromatic carbocycles. The van der Waals surface area contributed by atoms with Crippen LogP contribution in [0, 0.1) is 0 Å². The summed E-state index contributed by atoms with van der Waals surface area (Å²) in [6, 6.07) is 0. The fourth-order valence-electron chi connectivity index (χ4n) is 1.13. The third-order valence-electron chi connectivity index (χ3n) is 2.05. The van der Waals surface area contributed by atoms with Crippen LogP contribution in [0.5, 0.6) is 0 Å². The topological polar surface area (TPSA) is 35.6 Å². The monoisotopic (exact) mass is 213 g/mol. The Labute approximate surface area is 92.9 Å². The summed E-state index contributed by atoms with van der Waals surface area (Å²) in [5, 5.41) is 2.74. The van der Waals surface area contributed by atoms with E-state index >= 15 is 0 Å². The van der Waals surface area contributed by atoms with E-state index in [-0.39, 0.29) is 5.91 Å². The number of hydrogen-bond acceptors (Lipinski definition) is 3. The Hall–Kier alpha value is -0.870. The maximum Gasteiger partial charge on any atom is 0.247 e. The zero-order valence-corrected chi connectivity index (χ0v) is 10.3. The van der Waals surface area contributed by atoms with Crippen molar-refractivity contribution in [1.29, 1.82) is 0 Å². The van der Waals surface area contributed by atoms with Crippen molar-refractivity contribution in [2.75, 3.05) is 47.3 Å². The molecule has 0 atom stereocenters. The summed E-state index contributed by atoms with van der Waals surface area (Å²) in [6.07, 6.45) is 0. The molecule has 0 saturated carbocycles. The number of amides is 1. The van der Waals surface area contributed by atoms with Gasteiger partial charge in [0.25, 0.3) is 0 Å². The van der Waals surface area contributed by atoms with Gasteiger partial charge in [0.05, 0.1) is 0 Å². The highest BCUT2D eigenvalue weighted by molar-refractivity contribution is 5.93. The number of carbonyl (C=O) groups excluding carboxylic acids is 1. The summed E-state index contributed by atoms with van der Waals surface area (Å²) in [5.74, 6) is -0.0470. The molecule has 0 spiro atoms. The predicted molar refractivity (Wildman–Crippen MR) is 63.9 cm³/mol. The van der Waals surface area contributed by atoms with E-state index in [0.717, 1.165) is 13.1 Å². The van der Waals surface area contributed by atoms with Gasteiger partial charge in [-0.05, 0) is 28.1 Å². The third kappa shape index (κ3) is 7.11. The highest BCUT2D eigenvalue weighted by atomic mass is 16.1. The first-order valence-corrected chi connectivity index (χ1v) is 5.26. The first-order chi connectivity index (χ1) is 6.97. The van der Waals surface area contributed by atoms with Gasteiger partial charge in [-0.1, -0.05) is 6.58 Å². The second-order valence-electron chi connectivity index (χ2n) is 4.00. The smallest absolute Gasteiger partial charge is 0.247 e. The second-order valence-corrected chi connectivity index (χ2v) is 4.00. The minimum Gasteiger partial charge on any atom is -0.353 e. The minimum absolute atomic E-state index is 0.0470. The molecule has 0 bridgehead atoms. The van der Waals surface area contributed by atoms with Crippen molar-refractivity contribution in [2.24, 2.45) is 0 Å². The van der Waals surface area contributed by atoms with E-state index < -0.39 is 0 Å². The fourth-order valence-corrected chi connectivity index (χ4v) is 1.13. The van der Waals surface area contributed by atoms with Gasteiger partial charge in [0.15, 0.2) is 0 Å². The molecular formula is C11H23N3O. The predicted octanol–water partition coefficient (Wildman–Crippen LogP) is 0.172. The van der Waals surface area contributed by atoms with Crippen LogP contribution in [0.4, 0.5) is 0 Å². The molecule has 88 valence electrons. The summed E-state index contributed by atoms with van der Waals surface area (Å²) in [6.45, 7) is 8.87. The van der Waals surface area contributed by atoms with Crippen LogP contribution in [-0.2, 0) is 4.79 Å². The number of hydrogen-bond donors (Lipinski definition) is 1. The van der Waals surface area contributed by atoms with Crippen LogP contribution in [0.25, 0.3) is 0 Å². The van der Waals surface area contributed by atoms with E-state index in [0.29, 0.717) is 18.7 Å². The number of nitrogens with zero attached hydrogens (tertiary/aromatic N) is 2. The van der Waals surface area contributed by atoms with Crippen LogP contribution in [0.2, 0.25) is 0 Å². The van der Waals surface area contributed by atoms with Crippen molar-refractivity contribution in [2.45, 2.75) is 6.92 Å². The van der Waals surface area contributed by atoms with Gasteiger partial charge in [0.2, 0.25) is 5.91 Å². The second kappa shape index (κ2) is 7.43. The number of likely N-dealkylation sites (N-methyl/N-ethyl adjacent to an activating group) is 3. The van der Waals surface area contributed by atoms with Crippen LogP contribution in [0.15, 0.2) is 12.2 Å². The molecular weight excluding hydrogens is 190 g/mol. The zero-order valence-electron chi connectivity index (χ0n) is 10.3. The summed E-state index contributed by atoms with van der Waals surface area (Å²) in [5.41, 5.74) is 0.623. The van der Waals surface area contributed by atoms with E-state index in [2.05, 4.69) is 21.7 Å². The molecule has 0 aliphatic rings. The molecule has 0 aromatic heterocycles. The molecule has 0 saturated heterocycles. The van der Waals surface area contributed by atoms with Crippen molar-refractivity contribution in [3.8, 4) is 0 Å². The van der Waals surface area contributed by atoms with Gasteiger partial charge in [-0.3, -0.25) is 4.79 Å². The van der Waals surface area contributed by atoms with Crippen molar-refractivity contribution in [3.63, 3.8) is 0 Å². The first-order valence-electron chi connectivity index (χ1n) is 5.26. The van der Waals surface area contributed by atoms with E-state index in [4.69, 9.17) is 0 Å². The molecule has 15 heavy (non-hydrogen) atoms. The summed E-state index contributed by atoms with van der Waals surface area (Å²) < 4.78 is 0. The summed E-state index contributed by atoms with van der Waals surface area (Å²) in [7, 11) is 6.06. The third-order valence-corrected chi connectivity index (χ3v) is 2.05. The van der Waals surface area contributed by atoms with Gasteiger partial charge < -0.3 is 15.1 Å². The van der Waals surface area contributed by atoms with Gasteiger partial charge in [-0.2, -0.15) is 0 Å². The lowest BCUT2D eigenvalue weighted by Gasteiger charge is -2.19. The largest absolute Gasteiger partial charge is 0.353 e. The molecule has 0 radical (unpaired) electrons. The fraction of sp³-hybridized carbons (Fsp3) is 0.727. The lowest BCUT2D eigenvalue weighted by molar-refractivity contribution is -0.117. The Morgan fingerprint density at radius 2 is 1.87 bits per heavy atom. The molecule has 1 amide bonds. The SMILES string of the molecule is C=C(CN(C)CCN(C)C)C(=O)NCC. The maximum absolute atomic E-state index is 11.4. The molecule has 0 aromatic rings. The van der Waals surface area contributed by atoms with Gasteiger partial charge in [0.1, 0.15) is 0 Å². The molecule has 0 unspecified atom stereocenters. The average molecular weight is 213 g/mol. The molecule has 4 nitrogen and oxygen atoms in total. The maximum atomic E-state index is 11.4. The van der Waals surface area contributed by atoms with Gasteiger partial charge in [-0.15, -0.1) is 0 Å². The number of carbonyl (C=O) groups is 1. The molecule has 1 N–H and O–H groups in total. The molecule has 0 aliphatic heterocycles. The Bertz CT molecular complexity index is 214. The van der Waals surface area contributed by atoms with Crippen LogP contribution in [0.3, 0.4) is 0 Å². The Morgan fingerprint density at radius 1 is 1.27 bits per heavy atom. The Morgan fingerprint density at radius 3 is 2.33 bits per heavy atom. The lowest BCUT2D eigenvalue weighted by atomic mass is 10.2.